The van der Waals surface area contributed by atoms with Crippen LogP contribution in [-0.2, 0) is 6.54 Å². The number of rotatable bonds is 4. The summed E-state index contributed by atoms with van der Waals surface area (Å²) in [6.45, 7) is 4.54. The fraction of sp³-hybridized carbons (Fsp3) is 0.611. The molecule has 6 nitrogen and oxygen atoms in total. The molecule has 2 aliphatic rings. The molecule has 1 saturated heterocycles. The Balaban J connectivity index is 1.47. The summed E-state index contributed by atoms with van der Waals surface area (Å²) in [7, 11) is 0. The third kappa shape index (κ3) is 2.97. The Labute approximate surface area is 142 Å². The van der Waals surface area contributed by atoms with E-state index >= 15 is 0 Å². The average molecular weight is 327 g/mol. The highest BCUT2D eigenvalue weighted by Gasteiger charge is 2.29. The highest BCUT2D eigenvalue weighted by atomic mass is 16.2. The lowest BCUT2D eigenvalue weighted by Crippen LogP contribution is -2.40. The normalized spacial score (nSPS) is 21.7. The van der Waals surface area contributed by atoms with Crippen LogP contribution in [0.25, 0.3) is 0 Å². The molecule has 0 bridgehead atoms. The van der Waals surface area contributed by atoms with Crippen molar-refractivity contribution in [3.05, 3.63) is 35.9 Å². The van der Waals surface area contributed by atoms with Crippen LogP contribution in [0.15, 0.2) is 18.6 Å². The van der Waals surface area contributed by atoms with E-state index in [2.05, 4.69) is 25.7 Å². The van der Waals surface area contributed by atoms with Crippen LogP contribution in [0.2, 0.25) is 0 Å². The van der Waals surface area contributed by atoms with Crippen LogP contribution in [0.3, 0.4) is 0 Å². The maximum atomic E-state index is 12.7. The van der Waals surface area contributed by atoms with E-state index in [9.17, 15) is 4.79 Å². The van der Waals surface area contributed by atoms with Gasteiger partial charge in [-0.2, -0.15) is 0 Å². The highest BCUT2D eigenvalue weighted by molar-refractivity contribution is 5.90. The fourth-order valence-corrected chi connectivity index (χ4v) is 3.83. The van der Waals surface area contributed by atoms with Crippen molar-refractivity contribution in [3.63, 3.8) is 0 Å². The molecule has 6 heteroatoms. The summed E-state index contributed by atoms with van der Waals surface area (Å²) in [5, 5.41) is 0. The third-order valence-electron chi connectivity index (χ3n) is 5.41. The highest BCUT2D eigenvalue weighted by Crippen LogP contribution is 2.31. The van der Waals surface area contributed by atoms with Gasteiger partial charge in [-0.05, 0) is 38.5 Å². The van der Waals surface area contributed by atoms with Gasteiger partial charge >= 0.3 is 0 Å². The van der Waals surface area contributed by atoms with E-state index in [4.69, 9.17) is 0 Å². The molecule has 2 aromatic rings. The van der Waals surface area contributed by atoms with Crippen LogP contribution >= 0.6 is 0 Å². The van der Waals surface area contributed by atoms with E-state index in [0.717, 1.165) is 49.9 Å². The van der Waals surface area contributed by atoms with Crippen LogP contribution < -0.4 is 0 Å². The first-order valence-electron chi connectivity index (χ1n) is 9.02. The molecule has 1 aliphatic carbocycles. The van der Waals surface area contributed by atoms with Gasteiger partial charge in [-0.1, -0.05) is 6.42 Å². The molecule has 0 spiro atoms. The third-order valence-corrected chi connectivity index (χ3v) is 5.41. The van der Waals surface area contributed by atoms with Crippen LogP contribution in [0.5, 0.6) is 0 Å². The van der Waals surface area contributed by atoms with Crippen LogP contribution in [0.4, 0.5) is 0 Å². The topological polar surface area (TPSA) is 66.8 Å². The summed E-state index contributed by atoms with van der Waals surface area (Å²) in [6, 6.07) is 0. The van der Waals surface area contributed by atoms with Gasteiger partial charge in [-0.3, -0.25) is 4.79 Å². The molecule has 4 rings (SSSR count). The zero-order valence-corrected chi connectivity index (χ0v) is 14.2. The largest absolute Gasteiger partial charge is 0.338 e. The first-order valence-corrected chi connectivity index (χ1v) is 9.02. The first-order chi connectivity index (χ1) is 11.7. The first kappa shape index (κ1) is 15.4. The van der Waals surface area contributed by atoms with Gasteiger partial charge in [0.05, 0.1) is 0 Å². The van der Waals surface area contributed by atoms with Crippen LogP contribution in [0, 0.1) is 12.8 Å². The number of aryl methyl sites for hydroxylation is 1. The second kappa shape index (κ2) is 6.42. The van der Waals surface area contributed by atoms with Gasteiger partial charge in [0.15, 0.2) is 5.82 Å². The number of hydrogen-bond donors (Lipinski definition) is 1. The van der Waals surface area contributed by atoms with Gasteiger partial charge in [0, 0.05) is 49.8 Å². The molecule has 2 fully saturated rings. The fourth-order valence-electron chi connectivity index (χ4n) is 3.83. The van der Waals surface area contributed by atoms with E-state index < -0.39 is 0 Å². The Morgan fingerprint density at radius 2 is 2.17 bits per heavy atom. The standard InChI is InChI=1S/C18H25N5O/c1-13-10-20-16(21-13)18(24)23-8-3-6-15(12-23)17-19-7-9-22(17)11-14-4-2-5-14/h7,9-10,14-15H,2-6,8,11-12H2,1H3,(H,20,21)/t15-/m1/s1. The number of carbonyl (C=O) groups is 1. The minimum absolute atomic E-state index is 0.00454. The van der Waals surface area contributed by atoms with Gasteiger partial charge in [0.25, 0.3) is 5.91 Å². The van der Waals surface area contributed by atoms with Crippen molar-refractivity contribution in [1.82, 2.24) is 24.4 Å². The summed E-state index contributed by atoms with van der Waals surface area (Å²) >= 11 is 0. The predicted octanol–water partition coefficient (Wildman–Crippen LogP) is 2.73. The van der Waals surface area contributed by atoms with E-state index in [-0.39, 0.29) is 5.91 Å². The van der Waals surface area contributed by atoms with Crippen LogP contribution in [0.1, 0.15) is 60.2 Å². The van der Waals surface area contributed by atoms with E-state index in [1.165, 1.54) is 19.3 Å². The summed E-state index contributed by atoms with van der Waals surface area (Å²) in [5.74, 6) is 2.74. The van der Waals surface area contributed by atoms with Gasteiger partial charge in [0.2, 0.25) is 0 Å². The lowest BCUT2D eigenvalue weighted by molar-refractivity contribution is 0.0691. The summed E-state index contributed by atoms with van der Waals surface area (Å²) < 4.78 is 2.32. The van der Waals surface area contributed by atoms with Gasteiger partial charge < -0.3 is 14.5 Å². The molecule has 1 saturated carbocycles. The SMILES string of the molecule is Cc1cnc(C(=O)N2CCC[C@@H](c3nccn3CC3CCC3)C2)[nH]1. The number of aromatic nitrogens is 4. The van der Waals surface area contributed by atoms with Crippen LogP contribution in [-0.4, -0.2) is 43.4 Å². The number of amides is 1. The molecule has 24 heavy (non-hydrogen) atoms. The number of H-pyrrole nitrogens is 1. The van der Waals surface area contributed by atoms with Gasteiger partial charge in [-0.15, -0.1) is 0 Å². The second-order valence-corrected chi connectivity index (χ2v) is 7.24. The Morgan fingerprint density at radius 3 is 2.88 bits per heavy atom. The number of likely N-dealkylation sites (tertiary alicyclic amines) is 1. The molecule has 128 valence electrons. The predicted molar refractivity (Wildman–Crippen MR) is 90.8 cm³/mol. The van der Waals surface area contributed by atoms with Crippen molar-refractivity contribution in [2.45, 2.75) is 51.5 Å². The molecule has 2 aromatic heterocycles. The summed E-state index contributed by atoms with van der Waals surface area (Å²) in [4.78, 5) is 26.4. The molecule has 1 aliphatic heterocycles. The zero-order valence-electron chi connectivity index (χ0n) is 14.2. The zero-order chi connectivity index (χ0) is 16.5. The Bertz CT molecular complexity index is 715. The number of nitrogens with one attached hydrogen (secondary N) is 1. The van der Waals surface area contributed by atoms with Gasteiger partial charge in [-0.25, -0.2) is 9.97 Å². The van der Waals surface area contributed by atoms with Gasteiger partial charge in [0.1, 0.15) is 5.82 Å². The molecule has 1 N–H and O–H groups in total. The molecular formula is C18H25N5O. The van der Waals surface area contributed by atoms with Crippen molar-refractivity contribution < 1.29 is 4.79 Å². The number of piperidine rings is 1. The smallest absolute Gasteiger partial charge is 0.289 e. The van der Waals surface area contributed by atoms with E-state index in [1.54, 1.807) is 6.20 Å². The average Bonchev–Trinajstić information content (AvgIpc) is 3.19. The minimum atomic E-state index is 0.00454. The molecule has 1 atom stereocenters. The van der Waals surface area contributed by atoms with E-state index in [0.29, 0.717) is 11.7 Å². The monoisotopic (exact) mass is 327 g/mol. The number of imidazole rings is 2. The molecular weight excluding hydrogens is 302 g/mol. The number of nitrogens with zero attached hydrogens (tertiary/aromatic N) is 4. The maximum absolute atomic E-state index is 12.7. The van der Waals surface area contributed by atoms with Crippen molar-refractivity contribution in [2.24, 2.45) is 5.92 Å². The molecule has 0 aromatic carbocycles. The minimum Gasteiger partial charge on any atom is -0.338 e. The second-order valence-electron chi connectivity index (χ2n) is 7.24. The summed E-state index contributed by atoms with van der Waals surface area (Å²) in [5.41, 5.74) is 0.919. The lowest BCUT2D eigenvalue weighted by atomic mass is 9.85. The molecule has 3 heterocycles. The number of aromatic amines is 1. The maximum Gasteiger partial charge on any atom is 0.289 e. The lowest BCUT2D eigenvalue weighted by Gasteiger charge is -2.33. The van der Waals surface area contributed by atoms with E-state index in [1.807, 2.05) is 18.0 Å². The Morgan fingerprint density at radius 1 is 1.29 bits per heavy atom. The Hall–Kier alpha value is -2.11. The van der Waals surface area contributed by atoms with Crippen molar-refractivity contribution >= 4 is 5.91 Å². The number of hydrogen-bond acceptors (Lipinski definition) is 3. The molecule has 0 radical (unpaired) electrons. The van der Waals surface area contributed by atoms with Crippen molar-refractivity contribution in [3.8, 4) is 0 Å². The Kier molecular flexibility index (Phi) is 4.12. The number of carbonyl (C=O) groups excluding carboxylic acids is 1. The molecule has 0 unspecified atom stereocenters. The van der Waals surface area contributed by atoms with Crippen molar-refractivity contribution in [1.29, 1.82) is 0 Å². The molecule has 1 amide bonds. The quantitative estimate of drug-likeness (QED) is 0.939. The van der Waals surface area contributed by atoms with Crippen molar-refractivity contribution in [2.75, 3.05) is 13.1 Å². The summed E-state index contributed by atoms with van der Waals surface area (Å²) in [6.07, 6.45) is 11.9.